The number of hydrogen-bond acceptors (Lipinski definition) is 3. The molecule has 0 aromatic heterocycles. The van der Waals surface area contributed by atoms with Gasteiger partial charge in [0, 0.05) is 32.7 Å². The van der Waals surface area contributed by atoms with Gasteiger partial charge in [0.05, 0.1) is 0 Å². The van der Waals surface area contributed by atoms with E-state index in [1.54, 1.807) is 8.61 Å². The lowest BCUT2D eigenvalue weighted by molar-refractivity contribution is 0.316. The molecule has 0 bridgehead atoms. The zero-order chi connectivity index (χ0) is 15.9. The molecule has 0 saturated carbocycles. The Kier molecular flexibility index (Phi) is 10.9. The van der Waals surface area contributed by atoms with Gasteiger partial charge < -0.3 is 5.32 Å². The summed E-state index contributed by atoms with van der Waals surface area (Å²) in [6, 6.07) is 0. The molecule has 0 spiro atoms. The highest BCUT2D eigenvalue weighted by Crippen LogP contribution is 2.15. The summed E-state index contributed by atoms with van der Waals surface area (Å²) in [7, 11) is -3.31. The molecule has 0 aliphatic carbocycles. The molecule has 0 amide bonds. The lowest BCUT2D eigenvalue weighted by Gasteiger charge is -2.30. The molecular weight excluding hydrogens is 322 g/mol. The Hall–Kier alpha value is 0.120. The Labute approximate surface area is 143 Å². The van der Waals surface area contributed by atoms with E-state index in [4.69, 9.17) is 0 Å². The number of rotatable bonds is 8. The summed E-state index contributed by atoms with van der Waals surface area (Å²) in [5, 5.41) is 3.26. The van der Waals surface area contributed by atoms with Crippen LogP contribution in [0.5, 0.6) is 0 Å². The van der Waals surface area contributed by atoms with Crippen molar-refractivity contribution in [3.05, 3.63) is 0 Å². The molecule has 0 radical (unpaired) electrons. The molecule has 1 saturated heterocycles. The second kappa shape index (κ2) is 10.8. The van der Waals surface area contributed by atoms with Crippen molar-refractivity contribution in [3.8, 4) is 0 Å². The molecule has 7 heteroatoms. The standard InChI is InChI=1S/C15H33N3O2S.ClH/c1-14(2)6-11-18(12-7-15(3)4)21(19,20)17-10-5-8-16-9-13-17;/h14-16H,5-13H2,1-4H3;1H. The zero-order valence-corrected chi connectivity index (χ0v) is 16.2. The van der Waals surface area contributed by atoms with Gasteiger partial charge in [-0.05, 0) is 37.6 Å². The average molecular weight is 356 g/mol. The predicted octanol–water partition coefficient (Wildman–Crippen LogP) is 2.34. The molecule has 1 fully saturated rings. The van der Waals surface area contributed by atoms with Crippen molar-refractivity contribution in [2.75, 3.05) is 39.3 Å². The second-order valence-corrected chi connectivity index (χ2v) is 8.70. The lowest BCUT2D eigenvalue weighted by Crippen LogP contribution is -2.46. The maximum absolute atomic E-state index is 12.9. The summed E-state index contributed by atoms with van der Waals surface area (Å²) in [6.07, 6.45) is 2.73. The number of halogens is 1. The van der Waals surface area contributed by atoms with Gasteiger partial charge >= 0.3 is 0 Å². The molecule has 134 valence electrons. The minimum absolute atomic E-state index is 0. The number of nitrogens with one attached hydrogen (secondary N) is 1. The molecule has 0 aromatic carbocycles. The molecular formula is C15H34ClN3O2S. The van der Waals surface area contributed by atoms with Crippen LogP contribution in [0.3, 0.4) is 0 Å². The van der Waals surface area contributed by atoms with Crippen LogP contribution in [0, 0.1) is 11.8 Å². The van der Waals surface area contributed by atoms with Gasteiger partial charge in [-0.2, -0.15) is 17.0 Å². The highest BCUT2D eigenvalue weighted by atomic mass is 35.5. The molecule has 0 aromatic rings. The van der Waals surface area contributed by atoms with Crippen LogP contribution in [0.4, 0.5) is 0 Å². The molecule has 1 rings (SSSR count). The number of hydrogen-bond donors (Lipinski definition) is 1. The van der Waals surface area contributed by atoms with Crippen LogP contribution in [0.2, 0.25) is 0 Å². The fourth-order valence-electron chi connectivity index (χ4n) is 2.36. The van der Waals surface area contributed by atoms with E-state index in [1.807, 2.05) is 0 Å². The summed E-state index contributed by atoms with van der Waals surface area (Å²) in [4.78, 5) is 0. The van der Waals surface area contributed by atoms with Crippen LogP contribution in [0.15, 0.2) is 0 Å². The van der Waals surface area contributed by atoms with Crippen LogP contribution >= 0.6 is 12.4 Å². The van der Waals surface area contributed by atoms with E-state index < -0.39 is 10.2 Å². The Bertz CT molecular complexity index is 368. The lowest BCUT2D eigenvalue weighted by atomic mass is 10.1. The van der Waals surface area contributed by atoms with Gasteiger partial charge in [0.2, 0.25) is 0 Å². The van der Waals surface area contributed by atoms with Gasteiger partial charge in [-0.3, -0.25) is 0 Å². The fraction of sp³-hybridized carbons (Fsp3) is 1.00. The Morgan fingerprint density at radius 1 is 1.00 bits per heavy atom. The highest BCUT2D eigenvalue weighted by Gasteiger charge is 2.29. The summed E-state index contributed by atoms with van der Waals surface area (Å²) in [5.74, 6) is 1.04. The van der Waals surface area contributed by atoms with E-state index in [9.17, 15) is 8.42 Å². The van der Waals surface area contributed by atoms with Crippen LogP contribution in [-0.2, 0) is 10.2 Å². The zero-order valence-electron chi connectivity index (χ0n) is 14.5. The first-order valence-electron chi connectivity index (χ1n) is 8.30. The third-order valence-corrected chi connectivity index (χ3v) is 5.90. The van der Waals surface area contributed by atoms with E-state index >= 15 is 0 Å². The fourth-order valence-corrected chi connectivity index (χ4v) is 4.04. The molecule has 1 aliphatic heterocycles. The van der Waals surface area contributed by atoms with Crippen LogP contribution < -0.4 is 5.32 Å². The molecule has 0 unspecified atom stereocenters. The maximum Gasteiger partial charge on any atom is 0.282 e. The van der Waals surface area contributed by atoms with Crippen molar-refractivity contribution >= 4 is 22.6 Å². The topological polar surface area (TPSA) is 52.7 Å². The highest BCUT2D eigenvalue weighted by molar-refractivity contribution is 7.86. The van der Waals surface area contributed by atoms with E-state index in [-0.39, 0.29) is 12.4 Å². The van der Waals surface area contributed by atoms with Crippen molar-refractivity contribution in [3.63, 3.8) is 0 Å². The van der Waals surface area contributed by atoms with E-state index in [1.165, 1.54) is 0 Å². The first-order chi connectivity index (χ1) is 9.84. The van der Waals surface area contributed by atoms with Gasteiger partial charge in [0.25, 0.3) is 10.2 Å². The van der Waals surface area contributed by atoms with Crippen molar-refractivity contribution in [2.45, 2.75) is 47.0 Å². The number of nitrogens with zero attached hydrogens (tertiary/aromatic N) is 2. The van der Waals surface area contributed by atoms with Gasteiger partial charge in [-0.25, -0.2) is 0 Å². The monoisotopic (exact) mass is 355 g/mol. The minimum Gasteiger partial charge on any atom is -0.315 e. The molecule has 22 heavy (non-hydrogen) atoms. The summed E-state index contributed by atoms with van der Waals surface area (Å²) in [5.41, 5.74) is 0. The Balaban J connectivity index is 0.00000441. The normalized spacial score (nSPS) is 17.8. The molecule has 0 atom stereocenters. The van der Waals surface area contributed by atoms with Gasteiger partial charge in [0.15, 0.2) is 0 Å². The largest absolute Gasteiger partial charge is 0.315 e. The first-order valence-corrected chi connectivity index (χ1v) is 9.69. The molecule has 1 heterocycles. The smallest absolute Gasteiger partial charge is 0.282 e. The third kappa shape index (κ3) is 7.59. The SMILES string of the molecule is CC(C)CCN(CCC(C)C)S(=O)(=O)N1CCCNCC1.Cl. The maximum atomic E-state index is 12.9. The Morgan fingerprint density at radius 2 is 1.55 bits per heavy atom. The van der Waals surface area contributed by atoms with Crippen LogP contribution in [-0.4, -0.2) is 56.3 Å². The molecule has 5 nitrogen and oxygen atoms in total. The van der Waals surface area contributed by atoms with E-state index in [2.05, 4.69) is 33.0 Å². The van der Waals surface area contributed by atoms with Gasteiger partial charge in [-0.15, -0.1) is 12.4 Å². The first kappa shape index (κ1) is 22.1. The van der Waals surface area contributed by atoms with Gasteiger partial charge in [0.1, 0.15) is 0 Å². The second-order valence-electron chi connectivity index (χ2n) is 6.77. The average Bonchev–Trinajstić information content (AvgIpc) is 2.66. The van der Waals surface area contributed by atoms with E-state index in [0.29, 0.717) is 38.0 Å². The summed E-state index contributed by atoms with van der Waals surface area (Å²) >= 11 is 0. The van der Waals surface area contributed by atoms with Crippen LogP contribution in [0.1, 0.15) is 47.0 Å². The molecule has 1 aliphatic rings. The van der Waals surface area contributed by atoms with Crippen molar-refractivity contribution < 1.29 is 8.42 Å². The third-order valence-electron chi connectivity index (χ3n) is 3.86. The summed E-state index contributed by atoms with van der Waals surface area (Å²) in [6.45, 7) is 12.7. The van der Waals surface area contributed by atoms with Crippen LogP contribution in [0.25, 0.3) is 0 Å². The quantitative estimate of drug-likeness (QED) is 0.727. The van der Waals surface area contributed by atoms with Crippen molar-refractivity contribution in [2.24, 2.45) is 11.8 Å². The minimum atomic E-state index is -3.31. The summed E-state index contributed by atoms with van der Waals surface area (Å²) < 4.78 is 29.1. The predicted molar refractivity (Wildman–Crippen MR) is 95.7 cm³/mol. The van der Waals surface area contributed by atoms with Crippen molar-refractivity contribution in [1.29, 1.82) is 0 Å². The Morgan fingerprint density at radius 3 is 2.05 bits per heavy atom. The molecule has 1 N–H and O–H groups in total. The van der Waals surface area contributed by atoms with E-state index in [0.717, 1.165) is 32.4 Å². The van der Waals surface area contributed by atoms with Crippen molar-refractivity contribution in [1.82, 2.24) is 13.9 Å². The van der Waals surface area contributed by atoms with Gasteiger partial charge in [-0.1, -0.05) is 27.7 Å².